The molecule has 2 aromatic carbocycles. The number of benzene rings is 2. The van der Waals surface area contributed by atoms with Crippen LogP contribution in [-0.4, -0.2) is 20.2 Å². The molecule has 0 aliphatic heterocycles. The van der Waals surface area contributed by atoms with E-state index in [1.165, 1.54) is 7.11 Å². The molecule has 1 N–H and O–H groups in total. The van der Waals surface area contributed by atoms with Gasteiger partial charge in [0.1, 0.15) is 5.75 Å². The predicted molar refractivity (Wildman–Crippen MR) is 82.8 cm³/mol. The Kier molecular flexibility index (Phi) is 5.06. The van der Waals surface area contributed by atoms with Gasteiger partial charge in [0.2, 0.25) is 0 Å². The van der Waals surface area contributed by atoms with E-state index in [1.54, 1.807) is 31.4 Å². The van der Waals surface area contributed by atoms with E-state index in [-0.39, 0.29) is 5.97 Å². The minimum Gasteiger partial charge on any atom is -0.497 e. The average molecular weight is 306 g/mol. The van der Waals surface area contributed by atoms with Crippen molar-refractivity contribution >= 4 is 23.3 Å². The van der Waals surface area contributed by atoms with Crippen LogP contribution < -0.4 is 10.1 Å². The maximum atomic E-state index is 12.0. The van der Waals surface area contributed by atoms with Gasteiger partial charge in [-0.25, -0.2) is 4.79 Å². The van der Waals surface area contributed by atoms with Gasteiger partial charge in [0.15, 0.2) is 6.04 Å². The zero-order chi connectivity index (χ0) is 15.2. The molecule has 5 heteroatoms. The summed E-state index contributed by atoms with van der Waals surface area (Å²) in [7, 11) is 2.95. The first-order chi connectivity index (χ1) is 10.1. The molecule has 0 heterocycles. The fourth-order valence-electron chi connectivity index (χ4n) is 1.94. The Labute approximate surface area is 128 Å². The summed E-state index contributed by atoms with van der Waals surface area (Å²) in [6, 6.07) is 13.8. The highest BCUT2D eigenvalue weighted by Crippen LogP contribution is 2.24. The number of hydrogen-bond donors (Lipinski definition) is 1. The van der Waals surface area contributed by atoms with Crippen molar-refractivity contribution in [2.75, 3.05) is 19.5 Å². The SMILES string of the molecule is COC(=O)C(Nc1cccc(Cl)c1)c1ccc(OC)cc1. The third-order valence-electron chi connectivity index (χ3n) is 3.02. The maximum Gasteiger partial charge on any atom is 0.332 e. The van der Waals surface area contributed by atoms with Crippen LogP contribution in [-0.2, 0) is 9.53 Å². The second-order valence-corrected chi connectivity index (χ2v) is 4.82. The zero-order valence-electron chi connectivity index (χ0n) is 11.8. The summed E-state index contributed by atoms with van der Waals surface area (Å²) in [5.41, 5.74) is 1.52. The number of esters is 1. The molecule has 1 atom stereocenters. The Hall–Kier alpha value is -2.20. The van der Waals surface area contributed by atoms with E-state index < -0.39 is 6.04 Å². The van der Waals surface area contributed by atoms with Crippen LogP contribution in [0.4, 0.5) is 5.69 Å². The third-order valence-corrected chi connectivity index (χ3v) is 3.26. The monoisotopic (exact) mass is 305 g/mol. The van der Waals surface area contributed by atoms with Crippen LogP contribution in [0.5, 0.6) is 5.75 Å². The van der Waals surface area contributed by atoms with Gasteiger partial charge in [-0.15, -0.1) is 0 Å². The first-order valence-electron chi connectivity index (χ1n) is 6.38. The number of nitrogens with one attached hydrogen (secondary N) is 1. The number of halogens is 1. The van der Waals surface area contributed by atoms with Crippen molar-refractivity contribution < 1.29 is 14.3 Å². The molecule has 21 heavy (non-hydrogen) atoms. The molecule has 0 spiro atoms. The van der Waals surface area contributed by atoms with E-state index in [0.29, 0.717) is 5.02 Å². The summed E-state index contributed by atoms with van der Waals surface area (Å²) in [6.07, 6.45) is 0. The molecule has 2 aromatic rings. The van der Waals surface area contributed by atoms with Crippen LogP contribution >= 0.6 is 11.6 Å². The molecule has 4 nitrogen and oxygen atoms in total. The molecule has 0 aromatic heterocycles. The minimum atomic E-state index is -0.612. The van der Waals surface area contributed by atoms with E-state index in [9.17, 15) is 4.79 Å². The molecule has 0 saturated heterocycles. The number of carbonyl (C=O) groups is 1. The molecule has 0 amide bonds. The van der Waals surface area contributed by atoms with E-state index in [0.717, 1.165) is 17.0 Å². The summed E-state index contributed by atoms with van der Waals surface area (Å²) in [5.74, 6) is 0.352. The van der Waals surface area contributed by atoms with Gasteiger partial charge < -0.3 is 14.8 Å². The fourth-order valence-corrected chi connectivity index (χ4v) is 2.13. The smallest absolute Gasteiger partial charge is 0.332 e. The zero-order valence-corrected chi connectivity index (χ0v) is 12.6. The van der Waals surface area contributed by atoms with Crippen molar-refractivity contribution in [3.8, 4) is 5.75 Å². The molecule has 0 radical (unpaired) electrons. The van der Waals surface area contributed by atoms with Gasteiger partial charge >= 0.3 is 5.97 Å². The number of rotatable bonds is 5. The molecular weight excluding hydrogens is 290 g/mol. The molecular formula is C16H16ClNO3. The van der Waals surface area contributed by atoms with Crippen LogP contribution in [0.2, 0.25) is 5.02 Å². The van der Waals surface area contributed by atoms with Gasteiger partial charge in [-0.3, -0.25) is 0 Å². The molecule has 0 saturated carbocycles. The molecule has 0 aliphatic rings. The first kappa shape index (κ1) is 15.2. The topological polar surface area (TPSA) is 47.6 Å². The van der Waals surface area contributed by atoms with E-state index in [1.807, 2.05) is 24.3 Å². The molecule has 110 valence electrons. The number of methoxy groups -OCH3 is 2. The second kappa shape index (κ2) is 6.99. The van der Waals surface area contributed by atoms with Gasteiger partial charge in [0.25, 0.3) is 0 Å². The lowest BCUT2D eigenvalue weighted by Crippen LogP contribution is -2.22. The van der Waals surface area contributed by atoms with E-state index >= 15 is 0 Å². The van der Waals surface area contributed by atoms with Crippen molar-refractivity contribution in [2.24, 2.45) is 0 Å². The number of anilines is 1. The quantitative estimate of drug-likeness (QED) is 0.856. The van der Waals surface area contributed by atoms with Crippen LogP contribution in [0.3, 0.4) is 0 Å². The number of ether oxygens (including phenoxy) is 2. The van der Waals surface area contributed by atoms with Gasteiger partial charge in [-0.1, -0.05) is 29.8 Å². The normalized spacial score (nSPS) is 11.6. The largest absolute Gasteiger partial charge is 0.497 e. The van der Waals surface area contributed by atoms with Crippen molar-refractivity contribution in [3.05, 3.63) is 59.1 Å². The summed E-state index contributed by atoms with van der Waals surface area (Å²) >= 11 is 5.95. The highest BCUT2D eigenvalue weighted by Gasteiger charge is 2.21. The fraction of sp³-hybridized carbons (Fsp3) is 0.188. The van der Waals surface area contributed by atoms with Crippen LogP contribution in [0.15, 0.2) is 48.5 Å². The van der Waals surface area contributed by atoms with Gasteiger partial charge in [-0.05, 0) is 35.9 Å². The second-order valence-electron chi connectivity index (χ2n) is 4.38. The van der Waals surface area contributed by atoms with E-state index in [4.69, 9.17) is 21.1 Å². The lowest BCUT2D eigenvalue weighted by Gasteiger charge is -2.18. The number of carbonyl (C=O) groups excluding carboxylic acids is 1. The molecule has 0 aliphatic carbocycles. The predicted octanol–water partition coefficient (Wildman–Crippen LogP) is 3.67. The van der Waals surface area contributed by atoms with Crippen molar-refractivity contribution in [1.29, 1.82) is 0 Å². The molecule has 2 rings (SSSR count). The third kappa shape index (κ3) is 3.89. The molecule has 0 fully saturated rings. The highest BCUT2D eigenvalue weighted by atomic mass is 35.5. The van der Waals surface area contributed by atoms with Gasteiger partial charge in [0, 0.05) is 10.7 Å². The standard InChI is InChI=1S/C16H16ClNO3/c1-20-14-8-6-11(7-9-14)15(16(19)21-2)18-13-5-3-4-12(17)10-13/h3-10,15,18H,1-2H3. The summed E-state index contributed by atoms with van der Waals surface area (Å²) < 4.78 is 9.98. The lowest BCUT2D eigenvalue weighted by atomic mass is 10.1. The first-order valence-corrected chi connectivity index (χ1v) is 6.75. The van der Waals surface area contributed by atoms with Gasteiger partial charge in [0.05, 0.1) is 14.2 Å². The van der Waals surface area contributed by atoms with Crippen molar-refractivity contribution in [1.82, 2.24) is 0 Å². The van der Waals surface area contributed by atoms with Crippen LogP contribution in [0, 0.1) is 0 Å². The summed E-state index contributed by atoms with van der Waals surface area (Å²) in [4.78, 5) is 12.0. The minimum absolute atomic E-state index is 0.375. The molecule has 1 unspecified atom stereocenters. The van der Waals surface area contributed by atoms with Crippen molar-refractivity contribution in [3.63, 3.8) is 0 Å². The van der Waals surface area contributed by atoms with E-state index in [2.05, 4.69) is 5.32 Å². The van der Waals surface area contributed by atoms with Gasteiger partial charge in [-0.2, -0.15) is 0 Å². The Morgan fingerprint density at radius 3 is 2.43 bits per heavy atom. The summed E-state index contributed by atoms with van der Waals surface area (Å²) in [6.45, 7) is 0. The van der Waals surface area contributed by atoms with Crippen LogP contribution in [0.25, 0.3) is 0 Å². The Bertz CT molecular complexity index is 613. The highest BCUT2D eigenvalue weighted by molar-refractivity contribution is 6.30. The summed E-state index contributed by atoms with van der Waals surface area (Å²) in [5, 5.41) is 3.72. The molecule has 0 bridgehead atoms. The average Bonchev–Trinajstić information content (AvgIpc) is 2.52. The van der Waals surface area contributed by atoms with Crippen molar-refractivity contribution in [2.45, 2.75) is 6.04 Å². The lowest BCUT2D eigenvalue weighted by molar-refractivity contribution is -0.141. The Morgan fingerprint density at radius 1 is 1.14 bits per heavy atom. The van der Waals surface area contributed by atoms with Crippen LogP contribution in [0.1, 0.15) is 11.6 Å². The maximum absolute atomic E-state index is 12.0. The Morgan fingerprint density at radius 2 is 1.86 bits per heavy atom. The number of hydrogen-bond acceptors (Lipinski definition) is 4. The Balaban J connectivity index is 2.27.